The van der Waals surface area contributed by atoms with E-state index in [1.807, 2.05) is 17.3 Å². The molecule has 0 atom stereocenters. The molecule has 0 radical (unpaired) electrons. The average molecular weight is 336 g/mol. The number of benzene rings is 1. The number of aryl methyl sites for hydroxylation is 1. The van der Waals surface area contributed by atoms with Crippen molar-refractivity contribution in [2.45, 2.75) is 32.6 Å². The average Bonchev–Trinajstić information content (AvgIpc) is 3.27. The first-order chi connectivity index (χ1) is 12.2. The first kappa shape index (κ1) is 15.9. The van der Waals surface area contributed by atoms with E-state index in [1.165, 1.54) is 10.9 Å². The van der Waals surface area contributed by atoms with Crippen LogP contribution in [0.3, 0.4) is 0 Å². The molecular weight excluding hydrogens is 312 g/mol. The maximum Gasteiger partial charge on any atom is 0.227 e. The summed E-state index contributed by atoms with van der Waals surface area (Å²) in [6.45, 7) is 3.80. The molecule has 1 amide bonds. The van der Waals surface area contributed by atoms with Crippen LogP contribution in [0.15, 0.2) is 36.8 Å². The number of aromatic amines is 2. The van der Waals surface area contributed by atoms with Gasteiger partial charge in [0, 0.05) is 49.0 Å². The number of nitrogens with zero attached hydrogens (tertiary/aromatic N) is 2. The summed E-state index contributed by atoms with van der Waals surface area (Å²) in [7, 11) is 0. The van der Waals surface area contributed by atoms with E-state index >= 15 is 0 Å². The van der Waals surface area contributed by atoms with Gasteiger partial charge in [0.1, 0.15) is 5.82 Å². The minimum atomic E-state index is 0.235. The highest BCUT2D eigenvalue weighted by Crippen LogP contribution is 2.24. The van der Waals surface area contributed by atoms with Gasteiger partial charge in [-0.05, 0) is 36.8 Å². The molecule has 2 N–H and O–H groups in total. The number of nitrogens with one attached hydrogen (secondary N) is 2. The Bertz CT molecular complexity index is 857. The fourth-order valence-corrected chi connectivity index (χ4v) is 3.85. The third-order valence-corrected chi connectivity index (χ3v) is 5.36. The number of likely N-dealkylation sites (tertiary alicyclic amines) is 1. The normalized spacial score (nSPS) is 15.8. The Kier molecular flexibility index (Phi) is 4.30. The Morgan fingerprint density at radius 1 is 1.28 bits per heavy atom. The van der Waals surface area contributed by atoms with Gasteiger partial charge < -0.3 is 14.9 Å². The summed E-state index contributed by atoms with van der Waals surface area (Å²) >= 11 is 0. The van der Waals surface area contributed by atoms with Gasteiger partial charge in [0.05, 0.1) is 6.42 Å². The molecule has 5 heteroatoms. The van der Waals surface area contributed by atoms with Crippen LogP contribution in [0, 0.1) is 12.8 Å². The first-order valence-electron chi connectivity index (χ1n) is 9.02. The molecule has 1 aliphatic heterocycles. The van der Waals surface area contributed by atoms with E-state index in [1.54, 1.807) is 6.20 Å². The van der Waals surface area contributed by atoms with Crippen LogP contribution >= 0.6 is 0 Å². The van der Waals surface area contributed by atoms with Gasteiger partial charge in [-0.2, -0.15) is 0 Å². The molecule has 0 unspecified atom stereocenters. The van der Waals surface area contributed by atoms with Crippen molar-refractivity contribution in [1.82, 2.24) is 19.9 Å². The van der Waals surface area contributed by atoms with Gasteiger partial charge in [-0.1, -0.05) is 18.2 Å². The highest BCUT2D eigenvalue weighted by Gasteiger charge is 2.24. The molecule has 5 nitrogen and oxygen atoms in total. The van der Waals surface area contributed by atoms with Gasteiger partial charge in [-0.15, -0.1) is 0 Å². The van der Waals surface area contributed by atoms with Gasteiger partial charge in [-0.3, -0.25) is 4.79 Å². The summed E-state index contributed by atoms with van der Waals surface area (Å²) in [6.07, 6.45) is 9.23. The second kappa shape index (κ2) is 6.75. The van der Waals surface area contributed by atoms with Crippen LogP contribution in [0.5, 0.6) is 0 Å². The van der Waals surface area contributed by atoms with E-state index in [0.717, 1.165) is 49.3 Å². The van der Waals surface area contributed by atoms with Crippen molar-refractivity contribution in [2.75, 3.05) is 13.1 Å². The number of fused-ring (bicyclic) bond motifs is 1. The summed E-state index contributed by atoms with van der Waals surface area (Å²) in [4.78, 5) is 25.5. The van der Waals surface area contributed by atoms with Crippen molar-refractivity contribution < 1.29 is 4.79 Å². The fourth-order valence-electron chi connectivity index (χ4n) is 3.85. The predicted octanol–water partition coefficient (Wildman–Crippen LogP) is 3.22. The number of hydrogen-bond donors (Lipinski definition) is 2. The fraction of sp³-hybridized carbons (Fsp3) is 0.400. The Labute approximate surface area is 147 Å². The topological polar surface area (TPSA) is 64.8 Å². The number of imidazole rings is 1. The van der Waals surface area contributed by atoms with Crippen molar-refractivity contribution >= 4 is 16.8 Å². The summed E-state index contributed by atoms with van der Waals surface area (Å²) in [5.74, 6) is 1.91. The number of hydrogen-bond acceptors (Lipinski definition) is 2. The van der Waals surface area contributed by atoms with Crippen LogP contribution in [-0.4, -0.2) is 38.8 Å². The molecule has 1 aliphatic rings. The molecule has 0 bridgehead atoms. The standard InChI is InChI=1S/C20H24N4O/c1-14-3-2-4-17-16(13-23-20(14)17)12-19(25)24-9-5-15(6-10-24)11-18-21-7-8-22-18/h2-4,7-8,13,15,23H,5-6,9-12H2,1H3,(H,21,22). The van der Waals surface area contributed by atoms with Gasteiger partial charge >= 0.3 is 0 Å². The minimum Gasteiger partial charge on any atom is -0.361 e. The van der Waals surface area contributed by atoms with E-state index in [4.69, 9.17) is 0 Å². The highest BCUT2D eigenvalue weighted by molar-refractivity contribution is 5.90. The molecule has 130 valence electrons. The SMILES string of the molecule is Cc1cccc2c(CC(=O)N3CCC(Cc4ncc[nH]4)CC3)c[nH]c12. The number of carbonyl (C=O) groups excluding carboxylic acids is 1. The number of rotatable bonds is 4. The molecule has 3 aromatic rings. The molecule has 25 heavy (non-hydrogen) atoms. The van der Waals surface area contributed by atoms with Crippen LogP contribution in [0.25, 0.3) is 10.9 Å². The van der Waals surface area contributed by atoms with Gasteiger partial charge in [0.25, 0.3) is 0 Å². The Morgan fingerprint density at radius 2 is 2.12 bits per heavy atom. The lowest BCUT2D eigenvalue weighted by molar-refractivity contribution is -0.131. The van der Waals surface area contributed by atoms with Crippen molar-refractivity contribution in [3.8, 4) is 0 Å². The Hall–Kier alpha value is -2.56. The number of H-pyrrole nitrogens is 2. The van der Waals surface area contributed by atoms with E-state index in [9.17, 15) is 4.79 Å². The number of carbonyl (C=O) groups is 1. The van der Waals surface area contributed by atoms with Crippen LogP contribution in [0.4, 0.5) is 0 Å². The number of para-hydroxylation sites is 1. The predicted molar refractivity (Wildman–Crippen MR) is 98.3 cm³/mol. The quantitative estimate of drug-likeness (QED) is 0.768. The summed E-state index contributed by atoms with van der Waals surface area (Å²) in [5, 5.41) is 1.17. The van der Waals surface area contributed by atoms with Crippen LogP contribution in [0.1, 0.15) is 29.8 Å². The lowest BCUT2D eigenvalue weighted by Gasteiger charge is -2.31. The van der Waals surface area contributed by atoms with E-state index < -0.39 is 0 Å². The van der Waals surface area contributed by atoms with Gasteiger partial charge in [0.2, 0.25) is 5.91 Å². The third kappa shape index (κ3) is 3.31. The second-order valence-electron chi connectivity index (χ2n) is 7.05. The Morgan fingerprint density at radius 3 is 2.88 bits per heavy atom. The lowest BCUT2D eigenvalue weighted by Crippen LogP contribution is -2.39. The summed E-state index contributed by atoms with van der Waals surface area (Å²) in [5.41, 5.74) is 3.46. The van der Waals surface area contributed by atoms with Crippen molar-refractivity contribution in [1.29, 1.82) is 0 Å². The molecule has 2 aromatic heterocycles. The van der Waals surface area contributed by atoms with Crippen molar-refractivity contribution in [3.63, 3.8) is 0 Å². The number of piperidine rings is 1. The van der Waals surface area contributed by atoms with Crippen molar-refractivity contribution in [3.05, 3.63) is 53.7 Å². The second-order valence-corrected chi connectivity index (χ2v) is 7.05. The number of amides is 1. The zero-order valence-electron chi connectivity index (χ0n) is 14.6. The lowest BCUT2D eigenvalue weighted by atomic mass is 9.93. The summed E-state index contributed by atoms with van der Waals surface area (Å²) in [6, 6.07) is 6.24. The molecular formula is C20H24N4O. The molecule has 0 aliphatic carbocycles. The van der Waals surface area contributed by atoms with Gasteiger partial charge in [0.15, 0.2) is 0 Å². The molecule has 0 spiro atoms. The maximum atomic E-state index is 12.7. The first-order valence-corrected chi connectivity index (χ1v) is 9.02. The largest absolute Gasteiger partial charge is 0.361 e. The van der Waals surface area contributed by atoms with Crippen molar-refractivity contribution in [2.24, 2.45) is 5.92 Å². The molecule has 3 heterocycles. The van der Waals surface area contributed by atoms with Crippen LogP contribution in [-0.2, 0) is 17.6 Å². The van der Waals surface area contributed by atoms with Gasteiger partial charge in [-0.25, -0.2) is 4.98 Å². The summed E-state index contributed by atoms with van der Waals surface area (Å²) < 4.78 is 0. The van der Waals surface area contributed by atoms with Crippen LogP contribution < -0.4 is 0 Å². The molecule has 0 saturated carbocycles. The number of aromatic nitrogens is 3. The third-order valence-electron chi connectivity index (χ3n) is 5.36. The maximum absolute atomic E-state index is 12.7. The molecule has 1 saturated heterocycles. The zero-order chi connectivity index (χ0) is 17.2. The van der Waals surface area contributed by atoms with E-state index in [-0.39, 0.29) is 5.91 Å². The molecule has 4 rings (SSSR count). The van der Waals surface area contributed by atoms with E-state index in [2.05, 4.69) is 40.1 Å². The monoisotopic (exact) mass is 336 g/mol. The molecule has 1 aromatic carbocycles. The smallest absolute Gasteiger partial charge is 0.227 e. The molecule has 1 fully saturated rings. The van der Waals surface area contributed by atoms with Crippen LogP contribution in [0.2, 0.25) is 0 Å². The van der Waals surface area contributed by atoms with E-state index in [0.29, 0.717) is 12.3 Å². The Balaban J connectivity index is 1.36. The minimum absolute atomic E-state index is 0.235. The zero-order valence-corrected chi connectivity index (χ0v) is 14.6. The highest BCUT2D eigenvalue weighted by atomic mass is 16.2.